The van der Waals surface area contributed by atoms with Crippen molar-refractivity contribution < 1.29 is 38.3 Å². The van der Waals surface area contributed by atoms with Crippen molar-refractivity contribution in [3.05, 3.63) is 69.8 Å². The zero-order chi connectivity index (χ0) is 25.5. The van der Waals surface area contributed by atoms with Crippen LogP contribution in [0.1, 0.15) is 31.9 Å². The van der Waals surface area contributed by atoms with E-state index >= 15 is 0 Å². The van der Waals surface area contributed by atoms with Gasteiger partial charge >= 0.3 is 17.9 Å². The lowest BCUT2D eigenvalue weighted by Crippen LogP contribution is -2.55. The number of nitro benzene ring substituents is 1. The molecule has 1 aliphatic rings. The highest BCUT2D eigenvalue weighted by atomic mass is 32.2. The Labute approximate surface area is 206 Å². The highest BCUT2D eigenvalue weighted by Crippen LogP contribution is 2.34. The molecule has 0 saturated carbocycles. The SMILES string of the molecule is CC(=O)O[C@@H]1[C@@H](OC(C)=O)[C@H](OC(C)=O)CS[C@H]1Oc1ccc(Cc2ccc([N+](=O)[O-])cc2)cc1. The van der Waals surface area contributed by atoms with Gasteiger partial charge in [0.2, 0.25) is 0 Å². The summed E-state index contributed by atoms with van der Waals surface area (Å²) in [6, 6.07) is 13.6. The minimum atomic E-state index is -1.02. The summed E-state index contributed by atoms with van der Waals surface area (Å²) < 4.78 is 22.1. The minimum absolute atomic E-state index is 0.0350. The first-order valence-electron chi connectivity index (χ1n) is 10.7. The number of nitro groups is 1. The summed E-state index contributed by atoms with van der Waals surface area (Å²) in [7, 11) is 0. The molecule has 1 saturated heterocycles. The van der Waals surface area contributed by atoms with Crippen LogP contribution in [0.4, 0.5) is 5.69 Å². The molecule has 2 aromatic rings. The topological polar surface area (TPSA) is 131 Å². The fourth-order valence-corrected chi connectivity index (χ4v) is 4.82. The van der Waals surface area contributed by atoms with Gasteiger partial charge in [-0.2, -0.15) is 0 Å². The molecule has 1 heterocycles. The summed E-state index contributed by atoms with van der Waals surface area (Å²) in [6.07, 6.45) is -2.24. The standard InChI is InChI=1S/C24H25NO9S/c1-14(26)31-21-13-35-24(23(33-16(3)28)22(21)32-15(2)27)34-20-10-6-18(7-11-20)12-17-4-8-19(9-5-17)25(29)30/h4-11,21-24H,12-13H2,1-3H3/t21-,22+,23-,24-/m1/s1. The molecule has 1 fully saturated rings. The normalized spacial score (nSPS) is 21.5. The molecular formula is C24H25NO9S. The number of thioether (sulfide) groups is 1. The van der Waals surface area contributed by atoms with Crippen molar-refractivity contribution in [1.29, 1.82) is 0 Å². The fraction of sp³-hybridized carbons (Fsp3) is 0.375. The number of carbonyl (C=O) groups excluding carboxylic acids is 3. The molecule has 3 rings (SSSR count). The molecule has 0 bridgehead atoms. The predicted octanol–water partition coefficient (Wildman–Crippen LogP) is 3.43. The van der Waals surface area contributed by atoms with Crippen molar-refractivity contribution in [3.8, 4) is 5.75 Å². The third-order valence-corrected chi connectivity index (χ3v) is 6.25. The van der Waals surface area contributed by atoms with E-state index in [0.29, 0.717) is 12.2 Å². The lowest BCUT2D eigenvalue weighted by molar-refractivity contribution is -0.384. The first kappa shape index (κ1) is 26.0. The Morgan fingerprint density at radius 2 is 1.37 bits per heavy atom. The maximum Gasteiger partial charge on any atom is 0.303 e. The number of esters is 3. The quantitative estimate of drug-likeness (QED) is 0.228. The number of hydrogen-bond donors (Lipinski definition) is 0. The van der Waals surface area contributed by atoms with Gasteiger partial charge < -0.3 is 18.9 Å². The van der Waals surface area contributed by atoms with Crippen LogP contribution in [0.15, 0.2) is 48.5 Å². The molecule has 0 N–H and O–H groups in total. The third kappa shape index (κ3) is 7.44. The maximum atomic E-state index is 11.8. The molecule has 10 nitrogen and oxygen atoms in total. The molecule has 1 aliphatic heterocycles. The summed E-state index contributed by atoms with van der Waals surface area (Å²) in [5, 5.41) is 10.8. The summed E-state index contributed by atoms with van der Waals surface area (Å²) in [5.41, 5.74) is 1.21. The number of hydrogen-bond acceptors (Lipinski definition) is 10. The van der Waals surface area contributed by atoms with E-state index in [1.165, 1.54) is 44.7 Å². The van der Waals surface area contributed by atoms with Crippen molar-refractivity contribution >= 4 is 35.4 Å². The molecular weight excluding hydrogens is 478 g/mol. The smallest absolute Gasteiger partial charge is 0.303 e. The summed E-state index contributed by atoms with van der Waals surface area (Å²) >= 11 is 1.28. The van der Waals surface area contributed by atoms with Gasteiger partial charge in [0.15, 0.2) is 23.7 Å². The van der Waals surface area contributed by atoms with Gasteiger partial charge in [0.1, 0.15) is 5.75 Å². The van der Waals surface area contributed by atoms with E-state index < -0.39 is 46.6 Å². The van der Waals surface area contributed by atoms with Gasteiger partial charge in [-0.25, -0.2) is 0 Å². The molecule has 11 heteroatoms. The van der Waals surface area contributed by atoms with Crippen LogP contribution in [0.5, 0.6) is 5.75 Å². The van der Waals surface area contributed by atoms with Crippen LogP contribution in [0.2, 0.25) is 0 Å². The number of rotatable bonds is 8. The highest BCUT2D eigenvalue weighted by molar-refractivity contribution is 7.99. The minimum Gasteiger partial charge on any atom is -0.476 e. The van der Waals surface area contributed by atoms with Crippen LogP contribution in [0, 0.1) is 10.1 Å². The van der Waals surface area contributed by atoms with Crippen LogP contribution < -0.4 is 4.74 Å². The zero-order valence-corrected chi connectivity index (χ0v) is 20.2. The van der Waals surface area contributed by atoms with Crippen molar-refractivity contribution in [2.75, 3.05) is 5.75 Å². The van der Waals surface area contributed by atoms with Crippen LogP contribution in [0.25, 0.3) is 0 Å². The fourth-order valence-electron chi connectivity index (χ4n) is 3.60. The number of carbonyl (C=O) groups is 3. The zero-order valence-electron chi connectivity index (χ0n) is 19.4. The largest absolute Gasteiger partial charge is 0.476 e. The second kappa shape index (κ2) is 11.7. The molecule has 0 aromatic heterocycles. The maximum absolute atomic E-state index is 11.8. The molecule has 0 amide bonds. The Hall–Kier alpha value is -3.60. The highest BCUT2D eigenvalue weighted by Gasteiger charge is 2.47. The third-order valence-electron chi connectivity index (χ3n) is 5.04. The average molecular weight is 504 g/mol. The van der Waals surface area contributed by atoms with Gasteiger partial charge in [-0.3, -0.25) is 24.5 Å². The van der Waals surface area contributed by atoms with E-state index in [0.717, 1.165) is 11.1 Å². The lowest BCUT2D eigenvalue weighted by atomic mass is 10.0. The van der Waals surface area contributed by atoms with E-state index in [9.17, 15) is 24.5 Å². The van der Waals surface area contributed by atoms with Crippen molar-refractivity contribution in [2.45, 2.75) is 50.9 Å². The van der Waals surface area contributed by atoms with Crippen LogP contribution in [-0.2, 0) is 35.0 Å². The predicted molar refractivity (Wildman–Crippen MR) is 126 cm³/mol. The van der Waals surface area contributed by atoms with Gasteiger partial charge in [-0.15, -0.1) is 11.8 Å². The Bertz CT molecular complexity index is 1070. The second-order valence-corrected chi connectivity index (χ2v) is 8.99. The van der Waals surface area contributed by atoms with Crippen LogP contribution >= 0.6 is 11.8 Å². The summed E-state index contributed by atoms with van der Waals surface area (Å²) in [6.45, 7) is 3.70. The molecule has 2 aromatic carbocycles. The first-order chi connectivity index (χ1) is 16.6. The van der Waals surface area contributed by atoms with Crippen LogP contribution in [-0.4, -0.2) is 52.3 Å². The van der Waals surface area contributed by atoms with E-state index in [1.54, 1.807) is 24.3 Å². The van der Waals surface area contributed by atoms with Gasteiger partial charge in [0, 0.05) is 38.7 Å². The van der Waals surface area contributed by atoms with Gasteiger partial charge in [0.25, 0.3) is 5.69 Å². The number of benzene rings is 2. The Balaban J connectivity index is 1.72. The van der Waals surface area contributed by atoms with E-state index in [1.807, 2.05) is 12.1 Å². The van der Waals surface area contributed by atoms with Crippen molar-refractivity contribution in [1.82, 2.24) is 0 Å². The summed E-state index contributed by atoms with van der Waals surface area (Å²) in [4.78, 5) is 45.3. The van der Waals surface area contributed by atoms with Gasteiger partial charge in [-0.05, 0) is 29.7 Å². The average Bonchev–Trinajstić information content (AvgIpc) is 2.78. The summed E-state index contributed by atoms with van der Waals surface area (Å²) in [5.74, 6) is -0.969. The van der Waals surface area contributed by atoms with Crippen molar-refractivity contribution in [3.63, 3.8) is 0 Å². The number of nitrogens with zero attached hydrogens (tertiary/aromatic N) is 1. The number of ether oxygens (including phenoxy) is 4. The lowest BCUT2D eigenvalue weighted by Gasteiger charge is -2.39. The van der Waals surface area contributed by atoms with E-state index in [-0.39, 0.29) is 11.4 Å². The second-order valence-electron chi connectivity index (χ2n) is 7.86. The Morgan fingerprint density at radius 1 is 0.857 bits per heavy atom. The molecule has 0 radical (unpaired) electrons. The number of non-ortho nitro benzene ring substituents is 1. The first-order valence-corrected chi connectivity index (χ1v) is 11.8. The molecule has 0 spiro atoms. The van der Waals surface area contributed by atoms with Gasteiger partial charge in [0.05, 0.1) is 4.92 Å². The molecule has 0 aliphatic carbocycles. The monoisotopic (exact) mass is 503 g/mol. The van der Waals surface area contributed by atoms with Gasteiger partial charge in [-0.1, -0.05) is 24.3 Å². The molecule has 186 valence electrons. The molecule has 4 atom stereocenters. The molecule has 35 heavy (non-hydrogen) atoms. The van der Waals surface area contributed by atoms with E-state index in [4.69, 9.17) is 18.9 Å². The Kier molecular flexibility index (Phi) is 8.69. The Morgan fingerprint density at radius 3 is 1.89 bits per heavy atom. The molecule has 0 unspecified atom stereocenters. The van der Waals surface area contributed by atoms with E-state index in [2.05, 4.69) is 0 Å². The van der Waals surface area contributed by atoms with Crippen LogP contribution in [0.3, 0.4) is 0 Å². The van der Waals surface area contributed by atoms with Crippen molar-refractivity contribution in [2.24, 2.45) is 0 Å².